The van der Waals surface area contributed by atoms with E-state index in [9.17, 15) is 18.0 Å². The summed E-state index contributed by atoms with van der Waals surface area (Å²) in [6, 6.07) is 1.80. The van der Waals surface area contributed by atoms with Gasteiger partial charge in [0.05, 0.1) is 16.1 Å². The van der Waals surface area contributed by atoms with Gasteiger partial charge in [-0.25, -0.2) is 8.42 Å². The highest BCUT2D eigenvalue weighted by Crippen LogP contribution is 2.29. The van der Waals surface area contributed by atoms with Crippen LogP contribution >= 0.6 is 11.3 Å². The van der Waals surface area contributed by atoms with Crippen molar-refractivity contribution in [3.8, 4) is 0 Å². The minimum Gasteiger partial charge on any atom is -0.335 e. The number of amides is 2. The number of carbonyl (C=O) groups is 2. The van der Waals surface area contributed by atoms with Crippen molar-refractivity contribution >= 4 is 38.2 Å². The van der Waals surface area contributed by atoms with Crippen molar-refractivity contribution < 1.29 is 18.0 Å². The van der Waals surface area contributed by atoms with Crippen LogP contribution in [-0.4, -0.2) is 61.9 Å². The van der Waals surface area contributed by atoms with E-state index in [0.717, 1.165) is 5.56 Å². The monoisotopic (exact) mass is 387 g/mol. The van der Waals surface area contributed by atoms with E-state index < -0.39 is 15.4 Å². The predicted octanol–water partition coefficient (Wildman–Crippen LogP) is 1.76. The number of carbonyl (C=O) groups excluding carboxylic acids is 2. The number of thiophene rings is 1. The fourth-order valence-electron chi connectivity index (χ4n) is 2.42. The number of piperazine rings is 1. The Morgan fingerprint density at radius 1 is 1.16 bits per heavy atom. The van der Waals surface area contributed by atoms with Gasteiger partial charge in [-0.3, -0.25) is 9.59 Å². The molecule has 0 aliphatic carbocycles. The van der Waals surface area contributed by atoms with Crippen molar-refractivity contribution in [2.75, 3.05) is 37.8 Å². The highest BCUT2D eigenvalue weighted by Gasteiger charge is 2.29. The van der Waals surface area contributed by atoms with E-state index >= 15 is 0 Å². The molecule has 0 bridgehead atoms. The second kappa shape index (κ2) is 7.05. The third-order valence-electron chi connectivity index (χ3n) is 4.02. The highest BCUT2D eigenvalue weighted by molar-refractivity contribution is 7.88. The van der Waals surface area contributed by atoms with Gasteiger partial charge in [0.25, 0.3) is 5.91 Å². The molecule has 0 atom stereocenters. The molecule has 25 heavy (non-hydrogen) atoms. The summed E-state index contributed by atoms with van der Waals surface area (Å²) in [6.45, 7) is 8.68. The second-order valence-corrected chi connectivity index (χ2v) is 10.3. The zero-order valence-corrected chi connectivity index (χ0v) is 16.9. The summed E-state index contributed by atoms with van der Waals surface area (Å²) in [5.41, 5.74) is 0.300. The van der Waals surface area contributed by atoms with Crippen LogP contribution in [0.2, 0.25) is 0 Å². The topological polar surface area (TPSA) is 86.8 Å². The van der Waals surface area contributed by atoms with Crippen LogP contribution in [0.5, 0.6) is 0 Å². The van der Waals surface area contributed by atoms with Gasteiger partial charge < -0.3 is 10.2 Å². The first-order valence-corrected chi connectivity index (χ1v) is 10.7. The average molecular weight is 388 g/mol. The molecular weight excluding hydrogens is 362 g/mol. The van der Waals surface area contributed by atoms with Crippen molar-refractivity contribution in [3.63, 3.8) is 0 Å². The first-order valence-electron chi connectivity index (χ1n) is 8.06. The lowest BCUT2D eigenvalue weighted by Crippen LogP contribution is -2.50. The third kappa shape index (κ3) is 4.80. The molecule has 140 valence electrons. The normalized spacial score (nSPS) is 16.8. The standard InChI is InChI=1S/C16H25N3O4S2/c1-11-10-12(17-15(21)16(2,3)4)24-13(11)14(20)18-6-8-19(9-7-18)25(5,22)23/h10H,6-9H2,1-5H3,(H,17,21). The first kappa shape index (κ1) is 19.9. The second-order valence-electron chi connectivity index (χ2n) is 7.28. The van der Waals surface area contributed by atoms with Gasteiger partial charge in [0.2, 0.25) is 15.9 Å². The van der Waals surface area contributed by atoms with Crippen LogP contribution in [0.15, 0.2) is 6.07 Å². The Labute approximate surface area is 153 Å². The minimum atomic E-state index is -3.22. The van der Waals surface area contributed by atoms with E-state index in [2.05, 4.69) is 5.32 Å². The van der Waals surface area contributed by atoms with Crippen molar-refractivity contribution in [2.24, 2.45) is 5.41 Å². The molecule has 9 heteroatoms. The minimum absolute atomic E-state index is 0.102. The Hall–Kier alpha value is -1.45. The van der Waals surface area contributed by atoms with E-state index in [1.807, 2.05) is 27.7 Å². The molecule has 0 spiro atoms. The maximum absolute atomic E-state index is 12.7. The van der Waals surface area contributed by atoms with Gasteiger partial charge in [-0.2, -0.15) is 4.31 Å². The summed E-state index contributed by atoms with van der Waals surface area (Å²) in [5, 5.41) is 3.50. The van der Waals surface area contributed by atoms with Crippen LogP contribution < -0.4 is 5.32 Å². The summed E-state index contributed by atoms with van der Waals surface area (Å²) in [6.07, 6.45) is 1.18. The lowest BCUT2D eigenvalue weighted by atomic mass is 9.96. The number of nitrogens with zero attached hydrogens (tertiary/aromatic N) is 2. The molecule has 1 aliphatic rings. The molecule has 2 amide bonds. The van der Waals surface area contributed by atoms with Crippen LogP contribution in [0.25, 0.3) is 0 Å². The molecule has 1 aromatic rings. The number of sulfonamides is 1. The fraction of sp³-hybridized carbons (Fsp3) is 0.625. The van der Waals surface area contributed by atoms with Gasteiger partial charge in [0.15, 0.2) is 0 Å². The van der Waals surface area contributed by atoms with E-state index in [1.54, 1.807) is 11.0 Å². The quantitative estimate of drug-likeness (QED) is 0.856. The summed E-state index contributed by atoms with van der Waals surface area (Å²) in [7, 11) is -3.22. The van der Waals surface area contributed by atoms with E-state index in [1.165, 1.54) is 21.9 Å². The van der Waals surface area contributed by atoms with Crippen LogP contribution in [0, 0.1) is 12.3 Å². The van der Waals surface area contributed by atoms with Crippen LogP contribution in [0.3, 0.4) is 0 Å². The molecule has 2 heterocycles. The van der Waals surface area contributed by atoms with E-state index in [-0.39, 0.29) is 11.8 Å². The largest absolute Gasteiger partial charge is 0.335 e. The molecule has 1 aliphatic heterocycles. The van der Waals surface area contributed by atoms with Gasteiger partial charge in [0.1, 0.15) is 0 Å². The molecule has 1 N–H and O–H groups in total. The van der Waals surface area contributed by atoms with E-state index in [4.69, 9.17) is 0 Å². The summed E-state index contributed by atoms with van der Waals surface area (Å²) < 4.78 is 24.5. The van der Waals surface area contributed by atoms with Gasteiger partial charge in [-0.05, 0) is 18.6 Å². The molecule has 7 nitrogen and oxygen atoms in total. The van der Waals surface area contributed by atoms with Crippen molar-refractivity contribution in [2.45, 2.75) is 27.7 Å². The Morgan fingerprint density at radius 3 is 2.20 bits per heavy atom. The van der Waals surface area contributed by atoms with Gasteiger partial charge >= 0.3 is 0 Å². The third-order valence-corrected chi connectivity index (χ3v) is 6.47. The SMILES string of the molecule is Cc1cc(NC(=O)C(C)(C)C)sc1C(=O)N1CCN(S(C)(=O)=O)CC1. The molecule has 0 radical (unpaired) electrons. The number of hydrogen-bond acceptors (Lipinski definition) is 5. The highest BCUT2D eigenvalue weighted by atomic mass is 32.2. The van der Waals surface area contributed by atoms with Crippen molar-refractivity contribution in [3.05, 3.63) is 16.5 Å². The Balaban J connectivity index is 2.07. The molecule has 0 saturated carbocycles. The van der Waals surface area contributed by atoms with Crippen molar-refractivity contribution in [1.29, 1.82) is 0 Å². The number of nitrogens with one attached hydrogen (secondary N) is 1. The molecular formula is C16H25N3O4S2. The molecule has 1 fully saturated rings. The van der Waals surface area contributed by atoms with E-state index in [0.29, 0.717) is 36.1 Å². The zero-order valence-electron chi connectivity index (χ0n) is 15.2. The van der Waals surface area contributed by atoms with Crippen LogP contribution in [0.1, 0.15) is 36.0 Å². The molecule has 2 rings (SSSR count). The van der Waals surface area contributed by atoms with Crippen molar-refractivity contribution in [1.82, 2.24) is 9.21 Å². The first-order chi connectivity index (χ1) is 11.4. The molecule has 1 aromatic heterocycles. The zero-order chi connectivity index (χ0) is 19.0. The maximum Gasteiger partial charge on any atom is 0.264 e. The van der Waals surface area contributed by atoms with Gasteiger partial charge in [-0.15, -0.1) is 11.3 Å². The lowest BCUT2D eigenvalue weighted by Gasteiger charge is -2.33. The van der Waals surface area contributed by atoms with Crippen LogP contribution in [-0.2, 0) is 14.8 Å². The fourth-order valence-corrected chi connectivity index (χ4v) is 4.28. The summed E-state index contributed by atoms with van der Waals surface area (Å²) in [5.74, 6) is -0.221. The Kier molecular flexibility index (Phi) is 5.60. The number of rotatable bonds is 3. The average Bonchev–Trinajstić information content (AvgIpc) is 2.85. The van der Waals surface area contributed by atoms with Gasteiger partial charge in [0, 0.05) is 31.6 Å². The summed E-state index contributed by atoms with van der Waals surface area (Å²) in [4.78, 5) is 27.1. The number of hydrogen-bond donors (Lipinski definition) is 1. The number of aryl methyl sites for hydroxylation is 1. The maximum atomic E-state index is 12.7. The summed E-state index contributed by atoms with van der Waals surface area (Å²) >= 11 is 1.26. The Bertz CT molecular complexity index is 770. The lowest BCUT2D eigenvalue weighted by molar-refractivity contribution is -0.123. The van der Waals surface area contributed by atoms with Crippen LogP contribution in [0.4, 0.5) is 5.00 Å². The molecule has 0 unspecified atom stereocenters. The van der Waals surface area contributed by atoms with Gasteiger partial charge in [-0.1, -0.05) is 20.8 Å². The predicted molar refractivity (Wildman–Crippen MR) is 99.5 cm³/mol. The molecule has 1 saturated heterocycles. The molecule has 0 aromatic carbocycles. The number of anilines is 1. The Morgan fingerprint density at radius 2 is 1.72 bits per heavy atom. The smallest absolute Gasteiger partial charge is 0.264 e.